The molecule has 1 aromatic carbocycles. The molecule has 3 fully saturated rings. The predicted octanol–water partition coefficient (Wildman–Crippen LogP) is 4.13. The van der Waals surface area contributed by atoms with Crippen LogP contribution in [-0.4, -0.2) is 53.6 Å². The van der Waals surface area contributed by atoms with Gasteiger partial charge in [0.15, 0.2) is 0 Å². The Balaban J connectivity index is 1.43. The van der Waals surface area contributed by atoms with Crippen molar-refractivity contribution in [1.82, 2.24) is 15.1 Å². The van der Waals surface area contributed by atoms with Crippen molar-refractivity contribution in [3.8, 4) is 0 Å². The van der Waals surface area contributed by atoms with Gasteiger partial charge in [-0.2, -0.15) is 0 Å². The monoisotopic (exact) mass is 383 g/mol. The van der Waals surface area contributed by atoms with Crippen molar-refractivity contribution in [3.05, 3.63) is 35.9 Å². The molecule has 4 nitrogen and oxygen atoms in total. The zero-order chi connectivity index (χ0) is 19.4. The summed E-state index contributed by atoms with van der Waals surface area (Å²) < 4.78 is 0. The number of benzene rings is 1. The Morgan fingerprint density at radius 2 is 1.82 bits per heavy atom. The zero-order valence-electron chi connectivity index (χ0n) is 17.5. The highest BCUT2D eigenvalue weighted by molar-refractivity contribution is 5.88. The number of nitrogens with zero attached hydrogens (tertiary/aromatic N) is 2. The molecular weight excluding hydrogens is 346 g/mol. The molecule has 1 aromatic rings. The van der Waals surface area contributed by atoms with Crippen LogP contribution in [0.15, 0.2) is 30.3 Å². The average Bonchev–Trinajstić information content (AvgIpc) is 3.05. The summed E-state index contributed by atoms with van der Waals surface area (Å²) in [5.41, 5.74) is 1.27. The third-order valence-electron chi connectivity index (χ3n) is 7.54. The molecule has 2 unspecified atom stereocenters. The van der Waals surface area contributed by atoms with Gasteiger partial charge < -0.3 is 5.32 Å². The van der Waals surface area contributed by atoms with Crippen LogP contribution in [0.1, 0.15) is 76.2 Å². The van der Waals surface area contributed by atoms with Gasteiger partial charge in [-0.3, -0.25) is 14.6 Å². The van der Waals surface area contributed by atoms with Crippen molar-refractivity contribution in [3.63, 3.8) is 0 Å². The van der Waals surface area contributed by atoms with Gasteiger partial charge in [-0.25, -0.2) is 0 Å². The molecule has 2 heterocycles. The van der Waals surface area contributed by atoms with Gasteiger partial charge in [0.25, 0.3) is 0 Å². The predicted molar refractivity (Wildman–Crippen MR) is 114 cm³/mol. The largest absolute Gasteiger partial charge is 0.342 e. The summed E-state index contributed by atoms with van der Waals surface area (Å²) in [7, 11) is 0. The molecule has 1 N–H and O–H groups in total. The maximum atomic E-state index is 12.8. The number of hydrogen-bond acceptors (Lipinski definition) is 3. The summed E-state index contributed by atoms with van der Waals surface area (Å²) in [6.07, 6.45) is 11.0. The first-order valence-electron chi connectivity index (χ1n) is 11.6. The number of likely N-dealkylation sites (tertiary alicyclic amines) is 1. The topological polar surface area (TPSA) is 35.6 Å². The van der Waals surface area contributed by atoms with Crippen LogP contribution in [0.5, 0.6) is 0 Å². The van der Waals surface area contributed by atoms with Gasteiger partial charge in [0.2, 0.25) is 5.91 Å². The minimum absolute atomic E-state index is 0.235. The maximum absolute atomic E-state index is 12.8. The molecule has 154 valence electrons. The molecule has 0 bridgehead atoms. The van der Waals surface area contributed by atoms with Crippen LogP contribution in [-0.2, 0) is 4.79 Å². The lowest BCUT2D eigenvalue weighted by molar-refractivity contribution is -0.129. The van der Waals surface area contributed by atoms with E-state index in [1.165, 1.54) is 50.5 Å². The standard InChI is InChI=1S/C24H37N3O/c1-2-3-9-16-27-19-25-23(28)24(27)14-17-26(18-15-24)22-13-8-7-12-21(22)20-10-5-4-6-11-20/h4-6,10-11,21-22H,2-3,7-9,12-19H2,1H3,(H,25,28). The van der Waals surface area contributed by atoms with E-state index < -0.39 is 0 Å². The molecule has 1 spiro atoms. The molecule has 2 aliphatic heterocycles. The van der Waals surface area contributed by atoms with Crippen molar-refractivity contribution >= 4 is 5.91 Å². The highest BCUT2D eigenvalue weighted by Crippen LogP contribution is 2.40. The summed E-state index contributed by atoms with van der Waals surface area (Å²) in [5, 5.41) is 3.15. The fourth-order valence-electron chi connectivity index (χ4n) is 5.88. The third kappa shape index (κ3) is 3.86. The van der Waals surface area contributed by atoms with E-state index in [4.69, 9.17) is 0 Å². The summed E-state index contributed by atoms with van der Waals surface area (Å²) >= 11 is 0. The van der Waals surface area contributed by atoms with Gasteiger partial charge in [0.1, 0.15) is 5.54 Å². The Bertz CT molecular complexity index is 639. The molecule has 28 heavy (non-hydrogen) atoms. The van der Waals surface area contributed by atoms with E-state index in [1.54, 1.807) is 0 Å². The number of unbranched alkanes of at least 4 members (excludes halogenated alkanes) is 2. The highest BCUT2D eigenvalue weighted by Gasteiger charge is 2.50. The van der Waals surface area contributed by atoms with E-state index in [0.29, 0.717) is 12.0 Å². The van der Waals surface area contributed by atoms with Crippen LogP contribution >= 0.6 is 0 Å². The van der Waals surface area contributed by atoms with Crippen LogP contribution in [0.4, 0.5) is 0 Å². The molecule has 4 heteroatoms. The summed E-state index contributed by atoms with van der Waals surface area (Å²) in [4.78, 5) is 18.0. The summed E-state index contributed by atoms with van der Waals surface area (Å²) in [5.74, 6) is 0.939. The average molecular weight is 384 g/mol. The lowest BCUT2D eigenvalue weighted by Crippen LogP contribution is -2.58. The Hall–Kier alpha value is -1.39. The zero-order valence-corrected chi connectivity index (χ0v) is 17.5. The van der Waals surface area contributed by atoms with Gasteiger partial charge >= 0.3 is 0 Å². The first-order valence-corrected chi connectivity index (χ1v) is 11.6. The normalized spacial score (nSPS) is 28.5. The first-order chi connectivity index (χ1) is 13.7. The first kappa shape index (κ1) is 19.9. The van der Waals surface area contributed by atoms with Gasteiger partial charge in [-0.15, -0.1) is 0 Å². The van der Waals surface area contributed by atoms with Gasteiger partial charge in [-0.1, -0.05) is 62.9 Å². The Kier molecular flexibility index (Phi) is 6.37. The van der Waals surface area contributed by atoms with E-state index >= 15 is 0 Å². The van der Waals surface area contributed by atoms with E-state index in [-0.39, 0.29) is 11.4 Å². The number of carbonyl (C=O) groups excluding carboxylic acids is 1. The summed E-state index contributed by atoms with van der Waals surface area (Å²) in [6, 6.07) is 11.8. The van der Waals surface area contributed by atoms with Crippen LogP contribution in [0.2, 0.25) is 0 Å². The number of hydrogen-bond donors (Lipinski definition) is 1. The lowest BCUT2D eigenvalue weighted by atomic mass is 9.77. The second-order valence-electron chi connectivity index (χ2n) is 9.07. The minimum atomic E-state index is -0.235. The SMILES string of the molecule is CCCCCN1CNC(=O)C12CCN(C1CCCCC1c1ccccc1)CC2. The van der Waals surface area contributed by atoms with Crippen molar-refractivity contribution in [2.75, 3.05) is 26.3 Å². The van der Waals surface area contributed by atoms with E-state index in [1.807, 2.05) is 0 Å². The Morgan fingerprint density at radius 3 is 2.57 bits per heavy atom. The molecule has 2 saturated heterocycles. The molecule has 4 rings (SSSR count). The molecule has 1 saturated carbocycles. The minimum Gasteiger partial charge on any atom is -0.342 e. The van der Waals surface area contributed by atoms with Gasteiger partial charge in [-0.05, 0) is 43.6 Å². The van der Waals surface area contributed by atoms with Crippen molar-refractivity contribution < 1.29 is 4.79 Å². The molecule has 3 aliphatic rings. The lowest BCUT2D eigenvalue weighted by Gasteiger charge is -2.47. The smallest absolute Gasteiger partial charge is 0.241 e. The van der Waals surface area contributed by atoms with Gasteiger partial charge in [0.05, 0.1) is 6.67 Å². The van der Waals surface area contributed by atoms with E-state index in [0.717, 1.165) is 39.1 Å². The highest BCUT2D eigenvalue weighted by atomic mass is 16.2. The van der Waals surface area contributed by atoms with Crippen LogP contribution in [0, 0.1) is 0 Å². The molecule has 1 amide bonds. The number of amides is 1. The molecule has 1 aliphatic carbocycles. The molecule has 2 atom stereocenters. The quantitative estimate of drug-likeness (QED) is 0.751. The number of nitrogens with one attached hydrogen (secondary N) is 1. The van der Waals surface area contributed by atoms with Crippen molar-refractivity contribution in [2.24, 2.45) is 0 Å². The van der Waals surface area contributed by atoms with E-state index in [9.17, 15) is 4.79 Å². The number of carbonyl (C=O) groups is 1. The van der Waals surface area contributed by atoms with E-state index in [2.05, 4.69) is 52.4 Å². The van der Waals surface area contributed by atoms with Gasteiger partial charge in [0, 0.05) is 25.7 Å². The second kappa shape index (κ2) is 8.96. The fraction of sp³-hybridized carbons (Fsp3) is 0.708. The molecular formula is C24H37N3O. The molecule has 0 radical (unpaired) electrons. The van der Waals surface area contributed by atoms with Crippen molar-refractivity contribution in [1.29, 1.82) is 0 Å². The van der Waals surface area contributed by atoms with Crippen molar-refractivity contribution in [2.45, 2.75) is 82.2 Å². The fourth-order valence-corrected chi connectivity index (χ4v) is 5.88. The number of rotatable bonds is 6. The Morgan fingerprint density at radius 1 is 1.07 bits per heavy atom. The Labute approximate surface area is 170 Å². The van der Waals surface area contributed by atoms with Crippen LogP contribution in [0.25, 0.3) is 0 Å². The second-order valence-corrected chi connectivity index (χ2v) is 9.07. The number of piperidine rings is 1. The summed E-state index contributed by atoms with van der Waals surface area (Å²) in [6.45, 7) is 6.17. The van der Waals surface area contributed by atoms with Crippen LogP contribution in [0.3, 0.4) is 0 Å². The third-order valence-corrected chi connectivity index (χ3v) is 7.54. The van der Waals surface area contributed by atoms with Crippen LogP contribution < -0.4 is 5.32 Å². The maximum Gasteiger partial charge on any atom is 0.241 e. The molecule has 0 aromatic heterocycles.